The highest BCUT2D eigenvalue weighted by Gasteiger charge is 2.17. The summed E-state index contributed by atoms with van der Waals surface area (Å²) >= 11 is 5.92. The molecule has 0 spiro atoms. The van der Waals surface area contributed by atoms with Crippen LogP contribution in [0.15, 0.2) is 59.6 Å². The molecule has 1 aromatic heterocycles. The summed E-state index contributed by atoms with van der Waals surface area (Å²) in [5.74, 6) is 0. The minimum atomic E-state index is -3.64. The molecule has 0 amide bonds. The van der Waals surface area contributed by atoms with Crippen molar-refractivity contribution in [1.29, 1.82) is 0 Å². The molecule has 0 radical (unpaired) electrons. The number of hydrogen-bond donors (Lipinski definition) is 1. The van der Waals surface area contributed by atoms with Crippen molar-refractivity contribution in [3.05, 3.63) is 70.9 Å². The summed E-state index contributed by atoms with van der Waals surface area (Å²) < 4.78 is 27.7. The third kappa shape index (κ3) is 3.37. The Morgan fingerprint density at radius 1 is 1.13 bits per heavy atom. The third-order valence-electron chi connectivity index (χ3n) is 3.63. The van der Waals surface area contributed by atoms with E-state index in [0.717, 1.165) is 16.5 Å². The highest BCUT2D eigenvalue weighted by Crippen LogP contribution is 2.21. The van der Waals surface area contributed by atoms with Gasteiger partial charge in [0.15, 0.2) is 0 Å². The molecule has 0 fully saturated rings. The zero-order valence-corrected chi connectivity index (χ0v) is 14.0. The van der Waals surface area contributed by atoms with Gasteiger partial charge in [0.2, 0.25) is 10.0 Å². The van der Waals surface area contributed by atoms with Crippen LogP contribution < -0.4 is 4.72 Å². The molecule has 2 aromatic carbocycles. The quantitative estimate of drug-likeness (QED) is 0.784. The van der Waals surface area contributed by atoms with Gasteiger partial charge >= 0.3 is 0 Å². The van der Waals surface area contributed by atoms with Gasteiger partial charge in [-0.1, -0.05) is 35.9 Å². The molecule has 23 heavy (non-hydrogen) atoms. The van der Waals surface area contributed by atoms with Crippen molar-refractivity contribution in [3.63, 3.8) is 0 Å². The zero-order valence-electron chi connectivity index (χ0n) is 12.5. The third-order valence-corrected chi connectivity index (χ3v) is 5.41. The smallest absolute Gasteiger partial charge is 0.241 e. The first-order valence-corrected chi connectivity index (χ1v) is 8.92. The molecule has 0 bridgehead atoms. The first kappa shape index (κ1) is 15.9. The summed E-state index contributed by atoms with van der Waals surface area (Å²) in [4.78, 5) is 4.47. The van der Waals surface area contributed by atoms with Gasteiger partial charge in [-0.2, -0.15) is 0 Å². The first-order valence-electron chi connectivity index (χ1n) is 7.06. The molecule has 118 valence electrons. The fraction of sp³-hybridized carbons (Fsp3) is 0.118. The summed E-state index contributed by atoms with van der Waals surface area (Å²) in [6.07, 6.45) is 1.68. The molecule has 0 atom stereocenters. The van der Waals surface area contributed by atoms with Gasteiger partial charge in [0, 0.05) is 23.2 Å². The van der Waals surface area contributed by atoms with Gasteiger partial charge in [0.25, 0.3) is 0 Å². The number of aromatic nitrogens is 1. The number of rotatable bonds is 4. The Labute approximate surface area is 140 Å². The molecule has 0 saturated carbocycles. The van der Waals surface area contributed by atoms with Crippen molar-refractivity contribution < 1.29 is 8.42 Å². The van der Waals surface area contributed by atoms with Crippen molar-refractivity contribution in [2.75, 3.05) is 0 Å². The van der Waals surface area contributed by atoms with Gasteiger partial charge in [-0.05, 0) is 42.3 Å². The summed E-state index contributed by atoms with van der Waals surface area (Å²) in [7, 11) is -3.64. The molecule has 4 nitrogen and oxygen atoms in total. The van der Waals surface area contributed by atoms with Gasteiger partial charge in [-0.3, -0.25) is 4.98 Å². The van der Waals surface area contributed by atoms with Crippen molar-refractivity contribution >= 4 is 32.5 Å². The highest BCUT2D eigenvalue weighted by atomic mass is 35.5. The van der Waals surface area contributed by atoms with E-state index in [9.17, 15) is 8.42 Å². The molecule has 1 N–H and O–H groups in total. The Balaban J connectivity index is 1.91. The molecule has 0 unspecified atom stereocenters. The van der Waals surface area contributed by atoms with Gasteiger partial charge in [-0.25, -0.2) is 13.1 Å². The number of sulfonamides is 1. The van der Waals surface area contributed by atoms with Gasteiger partial charge in [-0.15, -0.1) is 0 Å². The van der Waals surface area contributed by atoms with Crippen LogP contribution in [-0.4, -0.2) is 13.4 Å². The standard InChI is InChI=1S/C17H15ClN2O2S/c1-12-6-7-14(18)10-17(12)23(21,22)20-11-13-8-9-19-16-5-3-2-4-15(13)16/h2-10,20H,11H2,1H3. The number of halogens is 1. The number of fused-ring (bicyclic) bond motifs is 1. The van der Waals surface area contributed by atoms with Crippen LogP contribution in [0.5, 0.6) is 0 Å². The Bertz CT molecular complexity index is 966. The Morgan fingerprint density at radius 2 is 1.91 bits per heavy atom. The van der Waals surface area contributed by atoms with E-state index in [0.29, 0.717) is 10.6 Å². The molecule has 0 saturated heterocycles. The van der Waals surface area contributed by atoms with E-state index in [1.165, 1.54) is 6.07 Å². The van der Waals surface area contributed by atoms with Crippen molar-refractivity contribution in [3.8, 4) is 0 Å². The number of nitrogens with zero attached hydrogens (tertiary/aromatic N) is 1. The van der Waals surface area contributed by atoms with E-state index in [-0.39, 0.29) is 11.4 Å². The maximum absolute atomic E-state index is 12.5. The van der Waals surface area contributed by atoms with E-state index in [2.05, 4.69) is 9.71 Å². The molecule has 6 heteroatoms. The topological polar surface area (TPSA) is 59.1 Å². The molecular formula is C17H15ClN2O2S. The SMILES string of the molecule is Cc1ccc(Cl)cc1S(=O)(=O)NCc1ccnc2ccccc12. The average Bonchev–Trinajstić information content (AvgIpc) is 2.55. The predicted octanol–water partition coefficient (Wildman–Crippen LogP) is 3.68. The van der Waals surface area contributed by atoms with Gasteiger partial charge in [0.05, 0.1) is 10.4 Å². The van der Waals surface area contributed by atoms with Crippen LogP contribution in [-0.2, 0) is 16.6 Å². The lowest BCUT2D eigenvalue weighted by molar-refractivity contribution is 0.581. The minimum Gasteiger partial charge on any atom is -0.256 e. The van der Waals surface area contributed by atoms with Crippen LogP contribution in [0.4, 0.5) is 0 Å². The van der Waals surface area contributed by atoms with Crippen molar-refractivity contribution in [2.45, 2.75) is 18.4 Å². The zero-order chi connectivity index (χ0) is 16.4. The Morgan fingerprint density at radius 3 is 2.74 bits per heavy atom. The normalized spacial score (nSPS) is 11.7. The summed E-state index contributed by atoms with van der Waals surface area (Å²) in [5, 5.41) is 1.32. The lowest BCUT2D eigenvalue weighted by Crippen LogP contribution is -2.24. The maximum atomic E-state index is 12.5. The second-order valence-electron chi connectivity index (χ2n) is 5.22. The van der Waals surface area contributed by atoms with Crippen molar-refractivity contribution in [2.24, 2.45) is 0 Å². The summed E-state index contributed by atoms with van der Waals surface area (Å²) in [5.41, 5.74) is 2.36. The van der Waals surface area contributed by atoms with E-state index >= 15 is 0 Å². The molecule has 0 aliphatic heterocycles. The molecular weight excluding hydrogens is 332 g/mol. The largest absolute Gasteiger partial charge is 0.256 e. The number of hydrogen-bond acceptors (Lipinski definition) is 3. The monoisotopic (exact) mass is 346 g/mol. The second kappa shape index (κ2) is 6.28. The molecule has 0 aliphatic rings. The van der Waals surface area contributed by atoms with Crippen LogP contribution >= 0.6 is 11.6 Å². The Hall–Kier alpha value is -1.95. The van der Waals surface area contributed by atoms with Crippen LogP contribution in [0.1, 0.15) is 11.1 Å². The molecule has 1 heterocycles. The highest BCUT2D eigenvalue weighted by molar-refractivity contribution is 7.89. The van der Waals surface area contributed by atoms with E-state index in [4.69, 9.17) is 11.6 Å². The lowest BCUT2D eigenvalue weighted by Gasteiger charge is -2.11. The maximum Gasteiger partial charge on any atom is 0.241 e. The summed E-state index contributed by atoms with van der Waals surface area (Å²) in [6.45, 7) is 1.93. The number of para-hydroxylation sites is 1. The average molecular weight is 347 g/mol. The summed E-state index contributed by atoms with van der Waals surface area (Å²) in [6, 6.07) is 14.3. The fourth-order valence-electron chi connectivity index (χ4n) is 2.42. The van der Waals surface area contributed by atoms with E-state index < -0.39 is 10.0 Å². The van der Waals surface area contributed by atoms with Crippen LogP contribution in [0.25, 0.3) is 10.9 Å². The number of aryl methyl sites for hydroxylation is 1. The number of nitrogens with one attached hydrogen (secondary N) is 1. The second-order valence-corrected chi connectivity index (χ2v) is 7.39. The van der Waals surface area contributed by atoms with E-state index in [1.807, 2.05) is 30.3 Å². The van der Waals surface area contributed by atoms with Gasteiger partial charge in [0.1, 0.15) is 0 Å². The van der Waals surface area contributed by atoms with Crippen LogP contribution in [0.3, 0.4) is 0 Å². The number of pyridine rings is 1. The number of benzene rings is 2. The fourth-order valence-corrected chi connectivity index (χ4v) is 3.94. The van der Waals surface area contributed by atoms with Crippen molar-refractivity contribution in [1.82, 2.24) is 9.71 Å². The van der Waals surface area contributed by atoms with E-state index in [1.54, 1.807) is 25.3 Å². The minimum absolute atomic E-state index is 0.192. The molecule has 3 rings (SSSR count). The van der Waals surface area contributed by atoms with Gasteiger partial charge < -0.3 is 0 Å². The van der Waals surface area contributed by atoms with Crippen LogP contribution in [0.2, 0.25) is 5.02 Å². The van der Waals surface area contributed by atoms with Crippen LogP contribution in [0, 0.1) is 6.92 Å². The molecule has 0 aliphatic carbocycles. The molecule has 3 aromatic rings. The Kier molecular flexibility index (Phi) is 4.35. The lowest BCUT2D eigenvalue weighted by atomic mass is 10.1. The first-order chi connectivity index (χ1) is 11.0. The predicted molar refractivity (Wildman–Crippen MR) is 92.0 cm³/mol.